The fraction of sp³-hybridized carbons (Fsp3) is 0.273. The predicted octanol–water partition coefficient (Wildman–Crippen LogP) is 3.93. The Morgan fingerprint density at radius 1 is 1.10 bits per heavy atom. The summed E-state index contributed by atoms with van der Waals surface area (Å²) in [5.74, 6) is 1.05. The molecule has 1 fully saturated rings. The zero-order valence-electron chi connectivity index (χ0n) is 15.9. The maximum absolute atomic E-state index is 13.9. The van der Waals surface area contributed by atoms with Crippen molar-refractivity contribution in [1.29, 1.82) is 0 Å². The average molecular weight is 388 g/mol. The van der Waals surface area contributed by atoms with Crippen LogP contribution in [0, 0.1) is 5.82 Å². The summed E-state index contributed by atoms with van der Waals surface area (Å²) in [6, 6.07) is 8.97. The van der Waals surface area contributed by atoms with Crippen LogP contribution in [0.4, 0.5) is 4.39 Å². The number of fused-ring (bicyclic) bond motifs is 1. The standard InChI is InChI=1S/C22H21FN6/c23-19-2-1-3-21-18(19)10-17(27-21)13-29-8-5-15(6-9-29)22-26-7-4-20(28-22)16-11-24-14-25-12-16/h1-4,7,10-12,14-15,27H,5-6,8-9,13H2. The minimum absolute atomic E-state index is 0.176. The first-order valence-corrected chi connectivity index (χ1v) is 9.83. The number of nitrogens with one attached hydrogen (secondary N) is 1. The highest BCUT2D eigenvalue weighted by Crippen LogP contribution is 2.28. The van der Waals surface area contributed by atoms with Crippen molar-refractivity contribution < 1.29 is 4.39 Å². The number of hydrogen-bond donors (Lipinski definition) is 1. The van der Waals surface area contributed by atoms with Gasteiger partial charge in [0.1, 0.15) is 18.0 Å². The van der Waals surface area contributed by atoms with Crippen LogP contribution in [0.2, 0.25) is 0 Å². The first kappa shape index (κ1) is 17.9. The fourth-order valence-electron chi connectivity index (χ4n) is 4.01. The molecule has 0 aliphatic carbocycles. The normalized spacial score (nSPS) is 15.8. The van der Waals surface area contributed by atoms with Gasteiger partial charge in [0.05, 0.1) is 5.69 Å². The molecule has 146 valence electrons. The van der Waals surface area contributed by atoms with Crippen LogP contribution in [0.5, 0.6) is 0 Å². The Hall–Kier alpha value is -3.19. The lowest BCUT2D eigenvalue weighted by Gasteiger charge is -2.30. The molecule has 7 heteroatoms. The second kappa shape index (κ2) is 7.67. The van der Waals surface area contributed by atoms with Gasteiger partial charge in [0, 0.05) is 53.2 Å². The van der Waals surface area contributed by atoms with Crippen LogP contribution < -0.4 is 0 Å². The summed E-state index contributed by atoms with van der Waals surface area (Å²) in [6.07, 6.45) is 8.88. The van der Waals surface area contributed by atoms with Gasteiger partial charge < -0.3 is 4.98 Å². The first-order valence-electron chi connectivity index (χ1n) is 9.83. The summed E-state index contributed by atoms with van der Waals surface area (Å²) in [7, 11) is 0. The van der Waals surface area contributed by atoms with Gasteiger partial charge in [0.2, 0.25) is 0 Å². The number of halogens is 1. The molecule has 0 amide bonds. The number of aromatic amines is 1. The lowest BCUT2D eigenvalue weighted by molar-refractivity contribution is 0.200. The smallest absolute Gasteiger partial charge is 0.132 e. The number of aromatic nitrogens is 5. The van der Waals surface area contributed by atoms with Crippen LogP contribution in [0.3, 0.4) is 0 Å². The van der Waals surface area contributed by atoms with E-state index in [-0.39, 0.29) is 5.82 Å². The van der Waals surface area contributed by atoms with Crippen molar-refractivity contribution in [2.24, 2.45) is 0 Å². The van der Waals surface area contributed by atoms with Crippen molar-refractivity contribution >= 4 is 10.9 Å². The number of benzene rings is 1. The third-order valence-electron chi connectivity index (χ3n) is 5.54. The largest absolute Gasteiger partial charge is 0.357 e. The molecule has 0 saturated carbocycles. The van der Waals surface area contributed by atoms with Crippen molar-refractivity contribution in [3.8, 4) is 11.3 Å². The van der Waals surface area contributed by atoms with Gasteiger partial charge in [0.15, 0.2) is 0 Å². The van der Waals surface area contributed by atoms with Gasteiger partial charge in [-0.1, -0.05) is 6.07 Å². The Balaban J connectivity index is 1.25. The van der Waals surface area contributed by atoms with E-state index >= 15 is 0 Å². The lowest BCUT2D eigenvalue weighted by atomic mass is 9.95. The van der Waals surface area contributed by atoms with Gasteiger partial charge in [-0.05, 0) is 50.2 Å². The minimum Gasteiger partial charge on any atom is -0.357 e. The molecule has 3 aromatic heterocycles. The van der Waals surface area contributed by atoms with Crippen molar-refractivity contribution in [3.63, 3.8) is 0 Å². The summed E-state index contributed by atoms with van der Waals surface area (Å²) in [5, 5.41) is 0.660. The summed E-state index contributed by atoms with van der Waals surface area (Å²) in [4.78, 5) is 23.1. The molecule has 0 spiro atoms. The van der Waals surface area contributed by atoms with E-state index in [0.717, 1.165) is 60.8 Å². The van der Waals surface area contributed by atoms with E-state index < -0.39 is 0 Å². The van der Waals surface area contributed by atoms with Crippen LogP contribution >= 0.6 is 0 Å². The Bertz CT molecular complexity index is 1120. The molecular formula is C22H21FN6. The molecule has 0 radical (unpaired) electrons. The highest BCUT2D eigenvalue weighted by Gasteiger charge is 2.23. The fourth-order valence-corrected chi connectivity index (χ4v) is 4.01. The van der Waals surface area contributed by atoms with E-state index in [9.17, 15) is 4.39 Å². The molecule has 4 heterocycles. The zero-order valence-corrected chi connectivity index (χ0v) is 15.9. The minimum atomic E-state index is -0.176. The van der Waals surface area contributed by atoms with E-state index in [1.54, 1.807) is 18.5 Å². The third kappa shape index (κ3) is 3.73. The first-order chi connectivity index (χ1) is 14.3. The number of rotatable bonds is 4. The molecular weight excluding hydrogens is 367 g/mol. The molecule has 1 N–H and O–H groups in total. The summed E-state index contributed by atoms with van der Waals surface area (Å²) in [5.41, 5.74) is 3.66. The third-order valence-corrected chi connectivity index (χ3v) is 5.54. The van der Waals surface area contributed by atoms with E-state index in [2.05, 4.69) is 24.8 Å². The number of H-pyrrole nitrogens is 1. The molecule has 1 saturated heterocycles. The van der Waals surface area contributed by atoms with Gasteiger partial charge in [0.25, 0.3) is 0 Å². The van der Waals surface area contributed by atoms with E-state index in [1.165, 1.54) is 12.4 Å². The van der Waals surface area contributed by atoms with Crippen molar-refractivity contribution in [1.82, 2.24) is 29.8 Å². The molecule has 1 aromatic carbocycles. The molecule has 29 heavy (non-hydrogen) atoms. The molecule has 0 atom stereocenters. The lowest BCUT2D eigenvalue weighted by Crippen LogP contribution is -2.33. The van der Waals surface area contributed by atoms with Gasteiger partial charge in [-0.15, -0.1) is 0 Å². The Kier molecular flexibility index (Phi) is 4.73. The monoisotopic (exact) mass is 388 g/mol. The van der Waals surface area contributed by atoms with Gasteiger partial charge in [-0.3, -0.25) is 4.90 Å². The number of hydrogen-bond acceptors (Lipinski definition) is 5. The molecule has 4 aromatic rings. The topological polar surface area (TPSA) is 70.6 Å². The summed E-state index contributed by atoms with van der Waals surface area (Å²) in [6.45, 7) is 2.72. The summed E-state index contributed by atoms with van der Waals surface area (Å²) >= 11 is 0. The molecule has 1 aliphatic rings. The second-order valence-electron chi connectivity index (χ2n) is 7.47. The number of likely N-dealkylation sites (tertiary alicyclic amines) is 1. The van der Waals surface area contributed by atoms with Crippen LogP contribution in [0.25, 0.3) is 22.2 Å². The van der Waals surface area contributed by atoms with E-state index in [4.69, 9.17) is 4.98 Å². The van der Waals surface area contributed by atoms with Crippen molar-refractivity contribution in [2.45, 2.75) is 25.3 Å². The van der Waals surface area contributed by atoms with E-state index in [1.807, 2.05) is 24.4 Å². The molecule has 0 bridgehead atoms. The van der Waals surface area contributed by atoms with Crippen LogP contribution in [0.15, 0.2) is 55.2 Å². The van der Waals surface area contributed by atoms with Crippen molar-refractivity contribution in [2.75, 3.05) is 13.1 Å². The second-order valence-corrected chi connectivity index (χ2v) is 7.47. The van der Waals surface area contributed by atoms with Gasteiger partial charge in [-0.25, -0.2) is 24.3 Å². The molecule has 0 unspecified atom stereocenters. The Morgan fingerprint density at radius 3 is 2.72 bits per heavy atom. The Morgan fingerprint density at radius 2 is 1.93 bits per heavy atom. The molecule has 5 rings (SSSR count). The highest BCUT2D eigenvalue weighted by atomic mass is 19.1. The Labute approximate surface area is 167 Å². The molecule has 1 aliphatic heterocycles. The predicted molar refractivity (Wildman–Crippen MR) is 109 cm³/mol. The van der Waals surface area contributed by atoms with Crippen LogP contribution in [0.1, 0.15) is 30.3 Å². The highest BCUT2D eigenvalue weighted by molar-refractivity contribution is 5.80. The number of nitrogens with zero attached hydrogens (tertiary/aromatic N) is 5. The SMILES string of the molecule is Fc1cccc2[nH]c(CN3CCC(c4nccc(-c5cncnc5)n4)CC3)cc12. The van der Waals surface area contributed by atoms with E-state index in [0.29, 0.717) is 11.3 Å². The average Bonchev–Trinajstić information content (AvgIpc) is 3.19. The zero-order chi connectivity index (χ0) is 19.6. The van der Waals surface area contributed by atoms with Crippen LogP contribution in [-0.2, 0) is 6.54 Å². The maximum Gasteiger partial charge on any atom is 0.132 e. The van der Waals surface area contributed by atoms with Gasteiger partial charge >= 0.3 is 0 Å². The quantitative estimate of drug-likeness (QED) is 0.574. The van der Waals surface area contributed by atoms with Gasteiger partial charge in [-0.2, -0.15) is 0 Å². The maximum atomic E-state index is 13.9. The number of piperidine rings is 1. The molecule has 6 nitrogen and oxygen atoms in total. The van der Waals surface area contributed by atoms with Crippen LogP contribution in [-0.4, -0.2) is 42.9 Å². The summed E-state index contributed by atoms with van der Waals surface area (Å²) < 4.78 is 13.9. The van der Waals surface area contributed by atoms with Crippen molar-refractivity contribution in [3.05, 3.63) is 72.6 Å².